The summed E-state index contributed by atoms with van der Waals surface area (Å²) >= 11 is 0. The number of carboxylic acids is 1. The van der Waals surface area contributed by atoms with E-state index < -0.39 is 48.9 Å². The number of esters is 2. The van der Waals surface area contributed by atoms with Gasteiger partial charge >= 0.3 is 23.9 Å². The fourth-order valence-electron chi connectivity index (χ4n) is 1.23. The Balaban J connectivity index is 4.55. The predicted octanol–water partition coefficient (Wildman–Crippen LogP) is -0.852. The Morgan fingerprint density at radius 3 is 2.18 bits per heavy atom. The van der Waals surface area contributed by atoms with E-state index in [1.54, 1.807) is 13.8 Å². The molecule has 2 unspecified atom stereocenters. The maximum absolute atomic E-state index is 11.7. The van der Waals surface area contributed by atoms with Crippen molar-refractivity contribution in [3.8, 4) is 0 Å². The lowest BCUT2D eigenvalue weighted by Crippen LogP contribution is -2.39. The average Bonchev–Trinajstić information content (AvgIpc) is 2.43. The molecule has 126 valence electrons. The van der Waals surface area contributed by atoms with Gasteiger partial charge in [0.2, 0.25) is 0 Å². The highest BCUT2D eigenvalue weighted by atomic mass is 17.2. The van der Waals surface area contributed by atoms with Crippen LogP contribution in [0.2, 0.25) is 0 Å². The maximum Gasteiger partial charge on any atom is 0.345 e. The summed E-state index contributed by atoms with van der Waals surface area (Å²) in [5.74, 6) is -4.60. The van der Waals surface area contributed by atoms with Crippen LogP contribution in [0.15, 0.2) is 0 Å². The minimum absolute atomic E-state index is 0.0665. The minimum atomic E-state index is -1.50. The van der Waals surface area contributed by atoms with E-state index in [2.05, 4.69) is 14.5 Å². The van der Waals surface area contributed by atoms with Crippen molar-refractivity contribution in [1.82, 2.24) is 0 Å². The van der Waals surface area contributed by atoms with Crippen molar-refractivity contribution in [2.24, 2.45) is 5.73 Å². The lowest BCUT2D eigenvalue weighted by molar-refractivity contribution is -0.271. The van der Waals surface area contributed by atoms with Crippen molar-refractivity contribution in [1.29, 1.82) is 0 Å². The first-order chi connectivity index (χ1) is 10.3. The number of rotatable bonds is 10. The fourth-order valence-corrected chi connectivity index (χ4v) is 1.23. The smallest absolute Gasteiger partial charge is 0.345 e. The van der Waals surface area contributed by atoms with E-state index in [0.29, 0.717) is 0 Å². The van der Waals surface area contributed by atoms with E-state index in [9.17, 15) is 19.2 Å². The largest absolute Gasteiger partial charge is 0.481 e. The van der Waals surface area contributed by atoms with Crippen LogP contribution in [0.5, 0.6) is 0 Å². The second kappa shape index (κ2) is 10.7. The quantitative estimate of drug-likeness (QED) is 0.225. The zero-order chi connectivity index (χ0) is 17.1. The Labute approximate surface area is 126 Å². The van der Waals surface area contributed by atoms with Gasteiger partial charge in [-0.15, -0.1) is 0 Å². The number of nitrogens with two attached hydrogens (primary N) is 1. The molecule has 0 aliphatic heterocycles. The van der Waals surface area contributed by atoms with Crippen LogP contribution in [-0.2, 0) is 38.4 Å². The van der Waals surface area contributed by atoms with Gasteiger partial charge < -0.3 is 20.3 Å². The minimum Gasteiger partial charge on any atom is -0.481 e. The number of carboxylic acid groups (broad SMARTS) is 1. The molecule has 0 saturated heterocycles. The summed E-state index contributed by atoms with van der Waals surface area (Å²) in [5.41, 5.74) is 5.25. The third-order valence-corrected chi connectivity index (χ3v) is 2.15. The van der Waals surface area contributed by atoms with Crippen LogP contribution in [-0.4, -0.2) is 54.3 Å². The summed E-state index contributed by atoms with van der Waals surface area (Å²) in [6, 6.07) is -1.50. The van der Waals surface area contributed by atoms with Gasteiger partial charge in [-0.25, -0.2) is 14.4 Å². The average molecular weight is 321 g/mol. The van der Waals surface area contributed by atoms with Crippen molar-refractivity contribution >= 4 is 23.9 Å². The van der Waals surface area contributed by atoms with Gasteiger partial charge in [0.05, 0.1) is 19.4 Å². The molecule has 0 aromatic carbocycles. The molecule has 0 heterocycles. The summed E-state index contributed by atoms with van der Waals surface area (Å²) in [6.07, 6.45) is -2.62. The molecule has 0 bridgehead atoms. The van der Waals surface area contributed by atoms with Crippen LogP contribution >= 0.6 is 0 Å². The number of hydrogen-bond donors (Lipinski definition) is 2. The second-order valence-electron chi connectivity index (χ2n) is 3.95. The molecule has 0 spiro atoms. The lowest BCUT2D eigenvalue weighted by atomic mass is 10.2. The topological polar surface area (TPSA) is 151 Å². The fraction of sp³-hybridized carbons (Fsp3) is 0.667. The first kappa shape index (κ1) is 20.0. The second-order valence-corrected chi connectivity index (χ2v) is 3.95. The molecule has 10 nitrogen and oxygen atoms in total. The lowest BCUT2D eigenvalue weighted by Gasteiger charge is -2.15. The number of ether oxygens (including phenoxy) is 2. The Kier molecular flexibility index (Phi) is 9.67. The van der Waals surface area contributed by atoms with Crippen LogP contribution in [0.1, 0.15) is 26.7 Å². The Morgan fingerprint density at radius 2 is 1.68 bits per heavy atom. The predicted molar refractivity (Wildman–Crippen MR) is 69.1 cm³/mol. The number of hydrogen-bond acceptors (Lipinski definition) is 9. The monoisotopic (exact) mass is 321 g/mol. The highest BCUT2D eigenvalue weighted by Crippen LogP contribution is 2.06. The molecule has 22 heavy (non-hydrogen) atoms. The Bertz CT molecular complexity index is 409. The summed E-state index contributed by atoms with van der Waals surface area (Å²) < 4.78 is 9.37. The number of carbonyl (C=O) groups excluding carboxylic acids is 3. The third kappa shape index (κ3) is 8.29. The zero-order valence-corrected chi connectivity index (χ0v) is 12.3. The van der Waals surface area contributed by atoms with Gasteiger partial charge in [-0.3, -0.25) is 9.68 Å². The molecule has 0 fully saturated rings. The summed E-state index contributed by atoms with van der Waals surface area (Å²) in [5, 5.41) is 8.49. The van der Waals surface area contributed by atoms with Crippen molar-refractivity contribution in [3.63, 3.8) is 0 Å². The molecular weight excluding hydrogens is 302 g/mol. The molecule has 0 aromatic heterocycles. The molecule has 2 atom stereocenters. The van der Waals surface area contributed by atoms with Crippen LogP contribution in [0.4, 0.5) is 0 Å². The van der Waals surface area contributed by atoms with Gasteiger partial charge in [0.1, 0.15) is 6.04 Å². The molecule has 0 aromatic rings. The number of carbonyl (C=O) groups is 4. The molecule has 10 heteroatoms. The van der Waals surface area contributed by atoms with Crippen molar-refractivity contribution < 1.29 is 43.5 Å². The van der Waals surface area contributed by atoms with E-state index in [0.717, 1.165) is 0 Å². The number of aliphatic carboxylic acids is 1. The van der Waals surface area contributed by atoms with E-state index in [1.807, 2.05) is 0 Å². The molecule has 0 radical (unpaired) electrons. The van der Waals surface area contributed by atoms with Crippen LogP contribution < -0.4 is 5.73 Å². The van der Waals surface area contributed by atoms with E-state index in [1.165, 1.54) is 0 Å². The third-order valence-electron chi connectivity index (χ3n) is 2.15. The van der Waals surface area contributed by atoms with Gasteiger partial charge in [0.25, 0.3) is 0 Å². The van der Waals surface area contributed by atoms with Crippen molar-refractivity contribution in [2.75, 3.05) is 13.2 Å². The molecule has 0 amide bonds. The molecule has 0 rings (SSSR count). The zero-order valence-electron chi connectivity index (χ0n) is 12.3. The van der Waals surface area contributed by atoms with Crippen LogP contribution in [0.3, 0.4) is 0 Å². The maximum atomic E-state index is 11.7. The normalized spacial score (nSPS) is 13.0. The van der Waals surface area contributed by atoms with Gasteiger partial charge in [-0.05, 0) is 13.8 Å². The van der Waals surface area contributed by atoms with Gasteiger partial charge in [-0.2, -0.15) is 4.89 Å². The van der Waals surface area contributed by atoms with Gasteiger partial charge in [-0.1, -0.05) is 0 Å². The van der Waals surface area contributed by atoms with E-state index >= 15 is 0 Å². The van der Waals surface area contributed by atoms with Crippen molar-refractivity contribution in [2.45, 2.75) is 38.8 Å². The highest BCUT2D eigenvalue weighted by Gasteiger charge is 2.29. The first-order valence-corrected chi connectivity index (χ1v) is 6.48. The Morgan fingerprint density at radius 1 is 1.05 bits per heavy atom. The summed E-state index contributed by atoms with van der Waals surface area (Å²) in [7, 11) is 0. The molecule has 0 aliphatic rings. The highest BCUT2D eigenvalue weighted by molar-refractivity contribution is 5.93. The van der Waals surface area contributed by atoms with Crippen LogP contribution in [0, 0.1) is 0 Å². The molecule has 3 N–H and O–H groups in total. The Hall–Kier alpha value is -2.04. The SMILES string of the molecule is CCOOC(=O)CC(OCC)C(=O)OC(=O)C(N)CC(=O)O. The summed E-state index contributed by atoms with van der Waals surface area (Å²) in [4.78, 5) is 53.6. The molecular formula is C12H19NO9. The van der Waals surface area contributed by atoms with Crippen molar-refractivity contribution in [3.05, 3.63) is 0 Å². The summed E-state index contributed by atoms with van der Waals surface area (Å²) in [6.45, 7) is 3.34. The van der Waals surface area contributed by atoms with E-state index in [-0.39, 0.29) is 13.2 Å². The van der Waals surface area contributed by atoms with Crippen LogP contribution in [0.25, 0.3) is 0 Å². The van der Waals surface area contributed by atoms with Gasteiger partial charge in [0.15, 0.2) is 6.10 Å². The first-order valence-electron chi connectivity index (χ1n) is 6.48. The molecule has 0 aliphatic carbocycles. The molecule has 0 saturated carbocycles. The van der Waals surface area contributed by atoms with Gasteiger partial charge in [0, 0.05) is 6.61 Å². The standard InChI is InChI=1S/C12H19NO9/c1-3-19-8(6-10(16)22-20-4-2)12(18)21-11(17)7(13)5-9(14)15/h7-8H,3-6,13H2,1-2H3,(H,14,15). The van der Waals surface area contributed by atoms with E-state index in [4.69, 9.17) is 15.6 Å².